The topological polar surface area (TPSA) is 92.3 Å². The first-order chi connectivity index (χ1) is 31.7. The second-order valence-corrected chi connectivity index (χ2v) is 16.0. The van der Waals surface area contributed by atoms with Crippen molar-refractivity contribution in [3.63, 3.8) is 0 Å². The Kier molecular flexibility index (Phi) is 17.3. The first-order valence-corrected chi connectivity index (χ1v) is 22.0. The summed E-state index contributed by atoms with van der Waals surface area (Å²) in [5, 5.41) is 0. The summed E-state index contributed by atoms with van der Waals surface area (Å²) in [5.74, 6) is 0. The molecule has 8 rings (SSSR count). The Bertz CT molecular complexity index is 2170. The van der Waals surface area contributed by atoms with Crippen molar-refractivity contribution < 1.29 is 47.4 Å². The molecule has 334 valence electrons. The highest BCUT2D eigenvalue weighted by Gasteiger charge is 2.50. The van der Waals surface area contributed by atoms with Crippen LogP contribution in [0.1, 0.15) is 33.4 Å². The summed E-state index contributed by atoms with van der Waals surface area (Å²) in [7, 11) is 1.61. The molecule has 6 aromatic rings. The lowest BCUT2D eigenvalue weighted by Gasteiger charge is -2.46. The Morgan fingerprint density at radius 3 is 1.08 bits per heavy atom. The lowest BCUT2D eigenvalue weighted by Crippen LogP contribution is -2.62. The maximum atomic E-state index is 6.85. The highest BCUT2D eigenvalue weighted by Crippen LogP contribution is 2.33. The van der Waals surface area contributed by atoms with Gasteiger partial charge in [0, 0.05) is 7.11 Å². The van der Waals surface area contributed by atoms with Crippen molar-refractivity contribution in [2.24, 2.45) is 0 Å². The third kappa shape index (κ3) is 13.0. The van der Waals surface area contributed by atoms with Crippen LogP contribution in [0.5, 0.6) is 0 Å². The van der Waals surface area contributed by atoms with Gasteiger partial charge in [0.25, 0.3) is 0 Å². The van der Waals surface area contributed by atoms with E-state index < -0.39 is 55.3 Å². The van der Waals surface area contributed by atoms with E-state index in [1.54, 1.807) is 7.11 Å². The summed E-state index contributed by atoms with van der Waals surface area (Å²) in [5.41, 5.74) is 6.10. The van der Waals surface area contributed by atoms with Gasteiger partial charge in [0.05, 0.1) is 52.9 Å². The van der Waals surface area contributed by atoms with E-state index in [1.165, 1.54) is 0 Å². The van der Waals surface area contributed by atoms with Crippen LogP contribution in [0, 0.1) is 0 Å². The van der Waals surface area contributed by atoms with E-state index in [0.717, 1.165) is 33.4 Å². The molecule has 2 aliphatic rings. The number of ether oxygens (including phenoxy) is 10. The number of hydrogen-bond donors (Lipinski definition) is 0. The second-order valence-electron chi connectivity index (χ2n) is 16.0. The molecule has 0 N–H and O–H groups in total. The minimum atomic E-state index is -0.865. The molecule has 0 aliphatic carbocycles. The predicted molar refractivity (Wildman–Crippen MR) is 241 cm³/mol. The van der Waals surface area contributed by atoms with Crippen molar-refractivity contribution in [1.29, 1.82) is 0 Å². The molecule has 10 nitrogen and oxygen atoms in total. The smallest absolute Gasteiger partial charge is 0.186 e. The molecule has 0 saturated carbocycles. The van der Waals surface area contributed by atoms with Crippen molar-refractivity contribution in [3.05, 3.63) is 215 Å². The summed E-state index contributed by atoms with van der Waals surface area (Å²) in [6, 6.07) is 60.3. The summed E-state index contributed by atoms with van der Waals surface area (Å²) < 4.78 is 66.7. The van der Waals surface area contributed by atoms with Gasteiger partial charge in [0.15, 0.2) is 12.6 Å². The molecule has 10 heteroatoms. The number of hydrogen-bond acceptors (Lipinski definition) is 10. The Balaban J connectivity index is 1.07. The van der Waals surface area contributed by atoms with Gasteiger partial charge in [-0.05, 0) is 33.4 Å². The van der Waals surface area contributed by atoms with Gasteiger partial charge in [-0.3, -0.25) is 0 Å². The van der Waals surface area contributed by atoms with Gasteiger partial charge in [0.1, 0.15) is 42.7 Å². The average Bonchev–Trinajstić information content (AvgIpc) is 3.36. The van der Waals surface area contributed by atoms with Crippen molar-refractivity contribution in [2.75, 3.05) is 20.3 Å². The zero-order valence-corrected chi connectivity index (χ0v) is 36.3. The van der Waals surface area contributed by atoms with Crippen molar-refractivity contribution >= 4 is 0 Å². The molecule has 6 aromatic carbocycles. The minimum Gasteiger partial charge on any atom is -0.368 e. The molecule has 64 heavy (non-hydrogen) atoms. The standard InChI is InChI=1S/C54H58O10/c1-55-53-52(61-37-45-30-18-7-19-31-45)50(59-35-43-26-14-5-15-27-43)49(58-34-42-24-12-4-13-25-42)47(64-53)39-63-54-51(60-36-44-28-16-6-17-29-44)48(57-33-41-22-10-3-11-23-41)46(38-62-54)56-32-40-20-8-2-9-21-40/h2-31,46-54H,32-39H2,1H3/t46-,47-,48-,49-,50+,51+,52-,53+,54+/m1/s1. The molecule has 0 amide bonds. The monoisotopic (exact) mass is 866 g/mol. The summed E-state index contributed by atoms with van der Waals surface area (Å²) in [4.78, 5) is 0. The van der Waals surface area contributed by atoms with Crippen LogP contribution in [-0.4, -0.2) is 75.6 Å². The highest BCUT2D eigenvalue weighted by molar-refractivity contribution is 5.18. The van der Waals surface area contributed by atoms with Crippen molar-refractivity contribution in [3.8, 4) is 0 Å². The van der Waals surface area contributed by atoms with Gasteiger partial charge in [0.2, 0.25) is 0 Å². The van der Waals surface area contributed by atoms with Crippen LogP contribution in [0.3, 0.4) is 0 Å². The fourth-order valence-electron chi connectivity index (χ4n) is 7.98. The maximum Gasteiger partial charge on any atom is 0.186 e. The Hall–Kier alpha value is -5.08. The van der Waals surface area contributed by atoms with Gasteiger partial charge in [-0.1, -0.05) is 182 Å². The third-order valence-corrected chi connectivity index (χ3v) is 11.4. The molecule has 0 bridgehead atoms. The van der Waals surface area contributed by atoms with E-state index in [2.05, 4.69) is 0 Å². The van der Waals surface area contributed by atoms with E-state index in [4.69, 9.17) is 47.4 Å². The molecule has 0 unspecified atom stereocenters. The molecular weight excluding hydrogens is 809 g/mol. The quantitative estimate of drug-likeness (QED) is 0.0658. The second kappa shape index (κ2) is 24.3. The summed E-state index contributed by atoms with van der Waals surface area (Å²) >= 11 is 0. The Morgan fingerprint density at radius 1 is 0.359 bits per heavy atom. The maximum absolute atomic E-state index is 6.85. The molecule has 2 saturated heterocycles. The number of methoxy groups -OCH3 is 1. The normalized spacial score (nSPS) is 24.6. The Morgan fingerprint density at radius 2 is 0.688 bits per heavy atom. The van der Waals surface area contributed by atoms with Gasteiger partial charge in [-0.25, -0.2) is 0 Å². The predicted octanol–water partition coefficient (Wildman–Crippen LogP) is 9.24. The minimum absolute atomic E-state index is 0.0483. The fraction of sp³-hybridized carbons (Fsp3) is 0.333. The van der Waals surface area contributed by atoms with Gasteiger partial charge in [-0.15, -0.1) is 0 Å². The first kappa shape index (κ1) is 45.5. The van der Waals surface area contributed by atoms with E-state index in [-0.39, 0.29) is 13.2 Å². The number of rotatable bonds is 22. The molecule has 2 aliphatic heterocycles. The largest absolute Gasteiger partial charge is 0.368 e. The SMILES string of the molecule is CO[C@H]1O[C@H](CO[C@@H]2OC[C@@H](OCc3ccccc3)[C@@H](OCc3ccccc3)[C@@H]2OCc2ccccc2)[C@@H](OCc2ccccc2)[C@H](OCc2ccccc2)[C@H]1OCc1ccccc1. The average molecular weight is 867 g/mol. The van der Waals surface area contributed by atoms with E-state index in [1.807, 2.05) is 182 Å². The van der Waals surface area contributed by atoms with Gasteiger partial charge in [-0.2, -0.15) is 0 Å². The molecule has 2 fully saturated rings. The summed E-state index contributed by atoms with van der Waals surface area (Å²) in [6.07, 6.45) is -6.03. The summed E-state index contributed by atoms with van der Waals surface area (Å²) in [6.45, 7) is 2.22. The van der Waals surface area contributed by atoms with E-state index in [0.29, 0.717) is 39.6 Å². The fourth-order valence-corrected chi connectivity index (χ4v) is 7.98. The molecule has 2 heterocycles. The van der Waals surface area contributed by atoms with Crippen LogP contribution in [0.25, 0.3) is 0 Å². The molecule has 0 spiro atoms. The Labute approximate surface area is 376 Å². The van der Waals surface area contributed by atoms with Crippen LogP contribution in [0.4, 0.5) is 0 Å². The molecule has 0 aromatic heterocycles. The zero-order chi connectivity index (χ0) is 43.6. The lowest BCUT2D eigenvalue weighted by atomic mass is 9.97. The van der Waals surface area contributed by atoms with Crippen LogP contribution in [0.2, 0.25) is 0 Å². The van der Waals surface area contributed by atoms with E-state index in [9.17, 15) is 0 Å². The zero-order valence-electron chi connectivity index (χ0n) is 36.3. The van der Waals surface area contributed by atoms with Crippen LogP contribution >= 0.6 is 0 Å². The van der Waals surface area contributed by atoms with E-state index >= 15 is 0 Å². The third-order valence-electron chi connectivity index (χ3n) is 11.4. The molecule has 9 atom stereocenters. The lowest BCUT2D eigenvalue weighted by molar-refractivity contribution is -0.340. The van der Waals surface area contributed by atoms with Crippen molar-refractivity contribution in [2.45, 2.75) is 94.9 Å². The van der Waals surface area contributed by atoms with Crippen LogP contribution in [0.15, 0.2) is 182 Å². The van der Waals surface area contributed by atoms with Crippen LogP contribution < -0.4 is 0 Å². The van der Waals surface area contributed by atoms with Gasteiger partial charge < -0.3 is 47.4 Å². The van der Waals surface area contributed by atoms with Crippen molar-refractivity contribution in [1.82, 2.24) is 0 Å². The first-order valence-electron chi connectivity index (χ1n) is 22.0. The number of benzene rings is 6. The molecular formula is C54H58O10. The van der Waals surface area contributed by atoms with Gasteiger partial charge >= 0.3 is 0 Å². The molecule has 0 radical (unpaired) electrons. The van der Waals surface area contributed by atoms with Crippen LogP contribution in [-0.2, 0) is 87.0 Å². The highest BCUT2D eigenvalue weighted by atomic mass is 16.7.